The highest BCUT2D eigenvalue weighted by Gasteiger charge is 2.33. The van der Waals surface area contributed by atoms with Gasteiger partial charge in [-0.2, -0.15) is 0 Å². The van der Waals surface area contributed by atoms with Crippen molar-refractivity contribution in [2.24, 2.45) is 0 Å². The molecule has 1 heterocycles. The molecule has 0 spiro atoms. The molecule has 17 heavy (non-hydrogen) atoms. The second kappa shape index (κ2) is 4.69. The summed E-state index contributed by atoms with van der Waals surface area (Å²) >= 11 is 0. The first-order chi connectivity index (χ1) is 8.03. The van der Waals surface area contributed by atoms with Gasteiger partial charge in [0.25, 0.3) is 0 Å². The van der Waals surface area contributed by atoms with E-state index in [-0.39, 0.29) is 5.60 Å². The Balaban J connectivity index is 2.33. The average molecular weight is 233 g/mol. The maximum atomic E-state index is 6.12. The van der Waals surface area contributed by atoms with Crippen LogP contribution >= 0.6 is 0 Å². The number of nitrogens with one attached hydrogen (secondary N) is 1. The van der Waals surface area contributed by atoms with Gasteiger partial charge in [0.05, 0.1) is 0 Å². The number of hydrogen-bond donors (Lipinski definition) is 1. The molecule has 1 aromatic carbocycles. The van der Waals surface area contributed by atoms with Gasteiger partial charge >= 0.3 is 0 Å². The van der Waals surface area contributed by atoms with E-state index in [0.29, 0.717) is 6.04 Å². The van der Waals surface area contributed by atoms with E-state index in [1.165, 1.54) is 17.5 Å². The van der Waals surface area contributed by atoms with Gasteiger partial charge in [0.2, 0.25) is 0 Å². The van der Waals surface area contributed by atoms with Gasteiger partial charge in [0, 0.05) is 18.0 Å². The minimum atomic E-state index is -0.0788. The zero-order chi connectivity index (χ0) is 12.5. The fraction of sp³-hybridized carbons (Fsp3) is 0.600. The second-order valence-electron chi connectivity index (χ2n) is 5.57. The predicted octanol–water partition coefficient (Wildman–Crippen LogP) is 3.60. The Bertz CT molecular complexity index is 398. The van der Waals surface area contributed by atoms with Gasteiger partial charge in [-0.15, -0.1) is 0 Å². The largest absolute Gasteiger partial charge is 0.487 e. The summed E-state index contributed by atoms with van der Waals surface area (Å²) in [6.45, 7) is 9.73. The SMILES string of the molecule is CCCNC1CC(C)(C)Oc2c(C)cccc21. The van der Waals surface area contributed by atoms with Crippen molar-refractivity contribution in [3.63, 3.8) is 0 Å². The zero-order valence-corrected chi connectivity index (χ0v) is 11.3. The normalized spacial score (nSPS) is 21.8. The van der Waals surface area contributed by atoms with Crippen molar-refractivity contribution in [1.29, 1.82) is 0 Å². The van der Waals surface area contributed by atoms with Gasteiger partial charge in [-0.3, -0.25) is 0 Å². The van der Waals surface area contributed by atoms with E-state index >= 15 is 0 Å². The minimum Gasteiger partial charge on any atom is -0.487 e. The molecule has 2 heteroatoms. The van der Waals surface area contributed by atoms with Gasteiger partial charge in [0.1, 0.15) is 11.4 Å². The third-order valence-electron chi connectivity index (χ3n) is 3.33. The first kappa shape index (κ1) is 12.4. The molecule has 2 rings (SSSR count). The Labute approximate surface area is 104 Å². The first-order valence-corrected chi connectivity index (χ1v) is 6.55. The number of aryl methyl sites for hydroxylation is 1. The second-order valence-corrected chi connectivity index (χ2v) is 5.57. The van der Waals surface area contributed by atoms with Crippen molar-refractivity contribution in [2.45, 2.75) is 52.2 Å². The van der Waals surface area contributed by atoms with Gasteiger partial charge in [0.15, 0.2) is 0 Å². The number of fused-ring (bicyclic) bond motifs is 1. The molecule has 0 aromatic heterocycles. The van der Waals surface area contributed by atoms with Crippen molar-refractivity contribution in [3.8, 4) is 5.75 Å². The summed E-state index contributed by atoms with van der Waals surface area (Å²) in [6.07, 6.45) is 2.20. The lowest BCUT2D eigenvalue weighted by Gasteiger charge is -2.38. The topological polar surface area (TPSA) is 21.3 Å². The standard InChI is InChI=1S/C15H23NO/c1-5-9-16-13-10-15(3,4)17-14-11(2)7-6-8-12(13)14/h6-8,13,16H,5,9-10H2,1-4H3. The van der Waals surface area contributed by atoms with Crippen LogP contribution in [0.15, 0.2) is 18.2 Å². The molecule has 1 aliphatic rings. The third kappa shape index (κ3) is 2.63. The summed E-state index contributed by atoms with van der Waals surface area (Å²) in [5.41, 5.74) is 2.47. The number of para-hydroxylation sites is 1. The van der Waals surface area contributed by atoms with E-state index in [1.807, 2.05) is 0 Å². The van der Waals surface area contributed by atoms with Gasteiger partial charge in [-0.05, 0) is 39.3 Å². The van der Waals surface area contributed by atoms with E-state index in [4.69, 9.17) is 4.74 Å². The molecule has 1 N–H and O–H groups in total. The van der Waals surface area contributed by atoms with Crippen LogP contribution in [0.25, 0.3) is 0 Å². The van der Waals surface area contributed by atoms with Crippen LogP contribution in [-0.2, 0) is 0 Å². The van der Waals surface area contributed by atoms with Crippen LogP contribution in [0.4, 0.5) is 0 Å². The lowest BCUT2D eigenvalue weighted by molar-refractivity contribution is 0.0652. The lowest BCUT2D eigenvalue weighted by atomic mass is 9.88. The van der Waals surface area contributed by atoms with Crippen LogP contribution in [0.3, 0.4) is 0 Å². The maximum absolute atomic E-state index is 6.12. The molecule has 1 atom stereocenters. The van der Waals surface area contributed by atoms with Crippen LogP contribution in [0.2, 0.25) is 0 Å². The fourth-order valence-corrected chi connectivity index (χ4v) is 2.51. The Morgan fingerprint density at radius 3 is 2.88 bits per heavy atom. The molecule has 0 saturated heterocycles. The molecule has 0 aliphatic carbocycles. The summed E-state index contributed by atoms with van der Waals surface area (Å²) in [4.78, 5) is 0. The van der Waals surface area contributed by atoms with Crippen LogP contribution in [0.5, 0.6) is 5.75 Å². The molecule has 2 nitrogen and oxygen atoms in total. The number of benzene rings is 1. The smallest absolute Gasteiger partial charge is 0.127 e. The van der Waals surface area contributed by atoms with Crippen molar-refractivity contribution in [2.75, 3.05) is 6.54 Å². The van der Waals surface area contributed by atoms with Crippen molar-refractivity contribution in [3.05, 3.63) is 29.3 Å². The summed E-state index contributed by atoms with van der Waals surface area (Å²) in [5.74, 6) is 1.08. The van der Waals surface area contributed by atoms with Crippen molar-refractivity contribution < 1.29 is 4.74 Å². The Kier molecular flexibility index (Phi) is 3.43. The highest BCUT2D eigenvalue weighted by atomic mass is 16.5. The molecule has 0 saturated carbocycles. The van der Waals surface area contributed by atoms with Crippen LogP contribution in [0.1, 0.15) is 50.8 Å². The van der Waals surface area contributed by atoms with E-state index in [0.717, 1.165) is 18.7 Å². The molecular formula is C15H23NO. The molecule has 0 bridgehead atoms. The molecule has 1 unspecified atom stereocenters. The van der Waals surface area contributed by atoms with E-state index in [1.54, 1.807) is 0 Å². The van der Waals surface area contributed by atoms with Crippen molar-refractivity contribution in [1.82, 2.24) is 5.32 Å². The average Bonchev–Trinajstić information content (AvgIpc) is 2.26. The third-order valence-corrected chi connectivity index (χ3v) is 3.33. The van der Waals surface area contributed by atoms with Crippen LogP contribution in [-0.4, -0.2) is 12.1 Å². The molecule has 0 amide bonds. The lowest BCUT2D eigenvalue weighted by Crippen LogP contribution is -2.40. The summed E-state index contributed by atoms with van der Waals surface area (Å²) in [7, 11) is 0. The van der Waals surface area contributed by atoms with Gasteiger partial charge < -0.3 is 10.1 Å². The first-order valence-electron chi connectivity index (χ1n) is 6.55. The van der Waals surface area contributed by atoms with Crippen molar-refractivity contribution >= 4 is 0 Å². The van der Waals surface area contributed by atoms with Gasteiger partial charge in [-0.25, -0.2) is 0 Å². The van der Waals surface area contributed by atoms with Crippen LogP contribution in [0, 0.1) is 6.92 Å². The molecule has 0 radical (unpaired) electrons. The predicted molar refractivity (Wildman–Crippen MR) is 71.5 cm³/mol. The molecule has 1 aliphatic heterocycles. The number of hydrogen-bond acceptors (Lipinski definition) is 2. The Morgan fingerprint density at radius 2 is 2.18 bits per heavy atom. The maximum Gasteiger partial charge on any atom is 0.127 e. The fourth-order valence-electron chi connectivity index (χ4n) is 2.51. The highest BCUT2D eigenvalue weighted by molar-refractivity contribution is 5.44. The Hall–Kier alpha value is -1.02. The van der Waals surface area contributed by atoms with Crippen LogP contribution < -0.4 is 10.1 Å². The molecule has 0 fully saturated rings. The number of rotatable bonds is 3. The molecule has 1 aromatic rings. The quantitative estimate of drug-likeness (QED) is 0.861. The number of ether oxygens (including phenoxy) is 1. The monoisotopic (exact) mass is 233 g/mol. The zero-order valence-electron chi connectivity index (χ0n) is 11.3. The minimum absolute atomic E-state index is 0.0788. The summed E-state index contributed by atoms with van der Waals surface area (Å²) in [6, 6.07) is 6.85. The molecular weight excluding hydrogens is 210 g/mol. The molecule has 94 valence electrons. The Morgan fingerprint density at radius 1 is 1.41 bits per heavy atom. The van der Waals surface area contributed by atoms with E-state index in [9.17, 15) is 0 Å². The highest BCUT2D eigenvalue weighted by Crippen LogP contribution is 2.41. The summed E-state index contributed by atoms with van der Waals surface area (Å²) < 4.78 is 6.12. The summed E-state index contributed by atoms with van der Waals surface area (Å²) in [5, 5.41) is 3.63. The van der Waals surface area contributed by atoms with Gasteiger partial charge in [-0.1, -0.05) is 25.1 Å². The van der Waals surface area contributed by atoms with E-state index < -0.39 is 0 Å². The van der Waals surface area contributed by atoms with E-state index in [2.05, 4.69) is 51.2 Å².